The highest BCUT2D eigenvalue weighted by molar-refractivity contribution is 9.09. The van der Waals surface area contributed by atoms with Crippen molar-refractivity contribution in [2.75, 3.05) is 6.61 Å². The molecule has 0 saturated carbocycles. The number of aromatic nitrogens is 2. The monoisotopic (exact) mass is 360 g/mol. The summed E-state index contributed by atoms with van der Waals surface area (Å²) in [6.45, 7) is 6.21. The Morgan fingerprint density at radius 1 is 1.37 bits per heavy atom. The van der Waals surface area contributed by atoms with Crippen LogP contribution in [0.3, 0.4) is 0 Å². The lowest BCUT2D eigenvalue weighted by atomic mass is 10.2. The molecule has 2 heterocycles. The summed E-state index contributed by atoms with van der Waals surface area (Å²) in [5.74, 6) is -0.388. The number of rotatable bonds is 4. The standard InChI is InChI=1S/C12H13BrN2O2S2/c1-4-17-10(16)8-6-18-9(14-8)7-5-19-11(15-7)12(2,3)13/h5-6H,4H2,1-3H3. The fourth-order valence-corrected chi connectivity index (χ4v) is 3.35. The maximum Gasteiger partial charge on any atom is 0.357 e. The van der Waals surface area contributed by atoms with E-state index in [-0.39, 0.29) is 10.3 Å². The third kappa shape index (κ3) is 3.40. The summed E-state index contributed by atoms with van der Waals surface area (Å²) in [6, 6.07) is 0. The van der Waals surface area contributed by atoms with Crippen LogP contribution in [0.1, 0.15) is 36.3 Å². The third-order valence-corrected chi connectivity index (χ3v) is 4.89. The van der Waals surface area contributed by atoms with Crippen LogP contribution < -0.4 is 0 Å². The maximum atomic E-state index is 11.6. The number of ether oxygens (including phenoxy) is 1. The van der Waals surface area contributed by atoms with E-state index in [0.29, 0.717) is 12.3 Å². The lowest BCUT2D eigenvalue weighted by Gasteiger charge is -2.10. The van der Waals surface area contributed by atoms with Gasteiger partial charge >= 0.3 is 5.97 Å². The Bertz CT molecular complexity index is 587. The SMILES string of the molecule is CCOC(=O)c1csc(-c2csc(C(C)(C)Br)n2)n1. The number of carbonyl (C=O) groups is 1. The largest absolute Gasteiger partial charge is 0.461 e. The number of hydrogen-bond acceptors (Lipinski definition) is 6. The average molecular weight is 361 g/mol. The second-order valence-corrected chi connectivity index (χ2v) is 7.97. The van der Waals surface area contributed by atoms with Crippen molar-refractivity contribution in [1.29, 1.82) is 0 Å². The van der Waals surface area contributed by atoms with Crippen molar-refractivity contribution in [2.45, 2.75) is 25.1 Å². The quantitative estimate of drug-likeness (QED) is 0.608. The van der Waals surface area contributed by atoms with Gasteiger partial charge in [-0.3, -0.25) is 0 Å². The summed E-state index contributed by atoms with van der Waals surface area (Å²) in [5.41, 5.74) is 1.14. The number of nitrogens with zero attached hydrogens (tertiary/aromatic N) is 2. The smallest absolute Gasteiger partial charge is 0.357 e. The highest BCUT2D eigenvalue weighted by Gasteiger charge is 2.22. The fourth-order valence-electron chi connectivity index (χ4n) is 1.34. The molecule has 2 aromatic heterocycles. The Balaban J connectivity index is 2.23. The minimum absolute atomic E-state index is 0.156. The molecule has 7 heteroatoms. The molecule has 0 unspecified atom stereocenters. The van der Waals surface area contributed by atoms with Gasteiger partial charge in [0.25, 0.3) is 0 Å². The topological polar surface area (TPSA) is 52.1 Å². The molecule has 0 aliphatic carbocycles. The van der Waals surface area contributed by atoms with Gasteiger partial charge in [-0.25, -0.2) is 14.8 Å². The molecule has 0 fully saturated rings. The molecule has 0 amide bonds. The van der Waals surface area contributed by atoms with Crippen LogP contribution in [-0.4, -0.2) is 22.5 Å². The van der Waals surface area contributed by atoms with E-state index in [4.69, 9.17) is 4.74 Å². The number of hydrogen-bond donors (Lipinski definition) is 0. The Kier molecular flexibility index (Phi) is 4.37. The fraction of sp³-hybridized carbons (Fsp3) is 0.417. The van der Waals surface area contributed by atoms with Gasteiger partial charge < -0.3 is 4.74 Å². The van der Waals surface area contributed by atoms with Gasteiger partial charge in [-0.05, 0) is 20.8 Å². The van der Waals surface area contributed by atoms with Crippen LogP contribution in [0.5, 0.6) is 0 Å². The van der Waals surface area contributed by atoms with Crippen LogP contribution in [-0.2, 0) is 9.06 Å². The molecule has 0 bridgehead atoms. The molecule has 19 heavy (non-hydrogen) atoms. The van der Waals surface area contributed by atoms with Gasteiger partial charge in [0.1, 0.15) is 15.7 Å². The number of carbonyl (C=O) groups excluding carboxylic acids is 1. The van der Waals surface area contributed by atoms with Crippen molar-refractivity contribution in [3.8, 4) is 10.7 Å². The predicted molar refractivity (Wildman–Crippen MR) is 81.1 cm³/mol. The Hall–Kier alpha value is -0.790. The second kappa shape index (κ2) is 5.68. The average Bonchev–Trinajstić information content (AvgIpc) is 2.97. The first-order chi connectivity index (χ1) is 8.91. The zero-order valence-corrected chi connectivity index (χ0v) is 14.0. The molecule has 102 valence electrons. The van der Waals surface area contributed by atoms with E-state index in [1.807, 2.05) is 19.2 Å². The van der Waals surface area contributed by atoms with Crippen molar-refractivity contribution >= 4 is 44.6 Å². The number of halogens is 1. The lowest BCUT2D eigenvalue weighted by Crippen LogP contribution is -2.05. The van der Waals surface area contributed by atoms with Crippen molar-refractivity contribution in [3.63, 3.8) is 0 Å². The molecule has 2 aromatic rings. The Morgan fingerprint density at radius 3 is 2.68 bits per heavy atom. The molecule has 2 rings (SSSR count). The summed E-state index contributed by atoms with van der Waals surface area (Å²) < 4.78 is 4.76. The van der Waals surface area contributed by atoms with E-state index in [0.717, 1.165) is 15.7 Å². The number of thiazole rings is 2. The molecule has 0 aromatic carbocycles. The molecule has 0 atom stereocenters. The molecule has 0 N–H and O–H groups in total. The van der Waals surface area contributed by atoms with Crippen molar-refractivity contribution in [3.05, 3.63) is 21.5 Å². The Labute approximate surface area is 128 Å². The molecular weight excluding hydrogens is 348 g/mol. The molecule has 0 aliphatic heterocycles. The Morgan fingerprint density at radius 2 is 2.11 bits per heavy atom. The second-order valence-electron chi connectivity index (χ2n) is 4.27. The van der Waals surface area contributed by atoms with Gasteiger partial charge in [-0.1, -0.05) is 15.9 Å². The number of alkyl halides is 1. The van der Waals surface area contributed by atoms with E-state index in [1.54, 1.807) is 23.6 Å². The summed E-state index contributed by atoms with van der Waals surface area (Å²) in [5, 5.41) is 5.37. The van der Waals surface area contributed by atoms with E-state index in [9.17, 15) is 4.79 Å². The van der Waals surface area contributed by atoms with Gasteiger partial charge in [0.05, 0.1) is 10.9 Å². The van der Waals surface area contributed by atoms with Crippen LogP contribution in [0.4, 0.5) is 0 Å². The van der Waals surface area contributed by atoms with E-state index < -0.39 is 0 Å². The first-order valence-electron chi connectivity index (χ1n) is 5.69. The van der Waals surface area contributed by atoms with Crippen molar-refractivity contribution < 1.29 is 9.53 Å². The third-order valence-electron chi connectivity index (χ3n) is 2.22. The maximum absolute atomic E-state index is 11.6. The van der Waals surface area contributed by atoms with E-state index in [2.05, 4.69) is 25.9 Å². The minimum atomic E-state index is -0.388. The van der Waals surface area contributed by atoms with Crippen LogP contribution in [0.25, 0.3) is 10.7 Å². The van der Waals surface area contributed by atoms with Crippen molar-refractivity contribution in [1.82, 2.24) is 9.97 Å². The molecule has 4 nitrogen and oxygen atoms in total. The highest BCUT2D eigenvalue weighted by atomic mass is 79.9. The van der Waals surface area contributed by atoms with E-state index in [1.165, 1.54) is 11.3 Å². The van der Waals surface area contributed by atoms with Gasteiger partial charge in [0, 0.05) is 10.8 Å². The molecule has 0 radical (unpaired) electrons. The van der Waals surface area contributed by atoms with Crippen molar-refractivity contribution in [2.24, 2.45) is 0 Å². The molecule has 0 aliphatic rings. The van der Waals surface area contributed by atoms with Crippen LogP contribution in [0.2, 0.25) is 0 Å². The van der Waals surface area contributed by atoms with E-state index >= 15 is 0 Å². The zero-order valence-electron chi connectivity index (χ0n) is 10.8. The first-order valence-corrected chi connectivity index (χ1v) is 8.25. The van der Waals surface area contributed by atoms with Crippen LogP contribution >= 0.6 is 38.6 Å². The zero-order chi connectivity index (χ0) is 14.0. The predicted octanol–water partition coefficient (Wildman–Crippen LogP) is 4.07. The lowest BCUT2D eigenvalue weighted by molar-refractivity contribution is 0.0520. The number of esters is 1. The summed E-state index contributed by atoms with van der Waals surface area (Å²) in [6.07, 6.45) is 0. The summed E-state index contributed by atoms with van der Waals surface area (Å²) >= 11 is 6.55. The van der Waals surface area contributed by atoms with Crippen LogP contribution in [0.15, 0.2) is 10.8 Å². The van der Waals surface area contributed by atoms with Gasteiger partial charge in [0.15, 0.2) is 5.69 Å². The van der Waals surface area contributed by atoms with Gasteiger partial charge in [0.2, 0.25) is 0 Å². The molecule has 0 saturated heterocycles. The normalized spacial score (nSPS) is 11.6. The van der Waals surface area contributed by atoms with Gasteiger partial charge in [-0.15, -0.1) is 22.7 Å². The molecule has 0 spiro atoms. The summed E-state index contributed by atoms with van der Waals surface area (Å²) in [7, 11) is 0. The highest BCUT2D eigenvalue weighted by Crippen LogP contribution is 2.35. The van der Waals surface area contributed by atoms with Gasteiger partial charge in [-0.2, -0.15) is 0 Å². The minimum Gasteiger partial charge on any atom is -0.461 e. The summed E-state index contributed by atoms with van der Waals surface area (Å²) in [4.78, 5) is 20.4. The molecular formula is C12H13BrN2O2S2. The van der Waals surface area contributed by atoms with Crippen LogP contribution in [0, 0.1) is 0 Å². The first kappa shape index (κ1) is 14.6.